The lowest BCUT2D eigenvalue weighted by atomic mass is 10.1. The van der Waals surface area contributed by atoms with Gasteiger partial charge in [0.25, 0.3) is 0 Å². The molecule has 0 radical (unpaired) electrons. The summed E-state index contributed by atoms with van der Waals surface area (Å²) in [6.45, 7) is 11.9. The number of fused-ring (bicyclic) bond motifs is 1. The number of nitrogens with zero attached hydrogens (tertiary/aromatic N) is 1. The molecular formula is C24H30N4O. The number of hydrogen-bond donors (Lipinski definition) is 3. The minimum absolute atomic E-state index is 0.244. The highest BCUT2D eigenvalue weighted by atomic mass is 16.5. The molecule has 29 heavy (non-hydrogen) atoms. The molecule has 0 aromatic heterocycles. The Balaban J connectivity index is 1.90. The number of benzene rings is 2. The zero-order chi connectivity index (χ0) is 20.6. The van der Waals surface area contributed by atoms with Gasteiger partial charge >= 0.3 is 0 Å². The van der Waals surface area contributed by atoms with Crippen molar-refractivity contribution >= 4 is 11.5 Å². The number of nitrogens with one attached hydrogen (secondary N) is 3. The molecule has 0 bridgehead atoms. The fourth-order valence-corrected chi connectivity index (χ4v) is 3.26. The molecule has 5 heteroatoms. The van der Waals surface area contributed by atoms with Gasteiger partial charge in [0, 0.05) is 34.8 Å². The predicted octanol–water partition coefficient (Wildman–Crippen LogP) is 4.96. The molecule has 1 heterocycles. The van der Waals surface area contributed by atoms with Crippen molar-refractivity contribution in [1.29, 1.82) is 0 Å². The predicted molar refractivity (Wildman–Crippen MR) is 121 cm³/mol. The molecule has 2 aromatic rings. The largest absolute Gasteiger partial charge is 0.493 e. The molecule has 0 saturated heterocycles. The molecule has 0 spiro atoms. The molecule has 5 nitrogen and oxygen atoms in total. The highest BCUT2D eigenvalue weighted by molar-refractivity contribution is 6.06. The van der Waals surface area contributed by atoms with Gasteiger partial charge in [0.15, 0.2) is 6.17 Å². The average Bonchev–Trinajstić information content (AvgIpc) is 2.72. The first-order valence-electron chi connectivity index (χ1n) is 10.2. The molecule has 152 valence electrons. The number of hydrogen-bond acceptors (Lipinski definition) is 5. The van der Waals surface area contributed by atoms with Crippen molar-refractivity contribution < 1.29 is 4.74 Å². The Morgan fingerprint density at radius 3 is 2.72 bits per heavy atom. The Labute approximate surface area is 173 Å². The number of aliphatic imine (C=N–C) groups is 1. The van der Waals surface area contributed by atoms with E-state index in [-0.39, 0.29) is 6.17 Å². The molecule has 0 saturated carbocycles. The van der Waals surface area contributed by atoms with Gasteiger partial charge in [0.2, 0.25) is 0 Å². The van der Waals surface area contributed by atoms with Crippen molar-refractivity contribution in [3.8, 4) is 5.75 Å². The van der Waals surface area contributed by atoms with Crippen LogP contribution < -0.4 is 20.7 Å². The SMILES string of the molecule is C=C(/C=C(/C)NCCC)NC1=NC(c2ccccc2OCC)Nc2ccccc21. The average molecular weight is 391 g/mol. The lowest BCUT2D eigenvalue weighted by Crippen LogP contribution is -2.30. The standard InChI is InChI=1S/C24H30N4O/c1-5-15-25-17(3)16-18(4)26-23-19-11-7-9-13-21(19)27-24(28-23)20-12-8-10-14-22(20)29-6-2/h7-14,16,24-25,27H,4-6,15H2,1-3H3,(H,26,28)/b17-16-. The van der Waals surface area contributed by atoms with Crippen molar-refractivity contribution in [1.82, 2.24) is 10.6 Å². The summed E-state index contributed by atoms with van der Waals surface area (Å²) in [5.74, 6) is 1.63. The molecule has 3 N–H and O–H groups in total. The van der Waals surface area contributed by atoms with Crippen LogP contribution in [0, 0.1) is 0 Å². The Bertz CT molecular complexity index is 917. The molecule has 0 aliphatic carbocycles. The van der Waals surface area contributed by atoms with Crippen LogP contribution in [0.3, 0.4) is 0 Å². The van der Waals surface area contributed by atoms with Crippen LogP contribution in [0.25, 0.3) is 0 Å². The fraction of sp³-hybridized carbons (Fsp3) is 0.292. The summed E-state index contributed by atoms with van der Waals surface area (Å²) in [5.41, 5.74) is 4.92. The van der Waals surface area contributed by atoms with Crippen molar-refractivity contribution in [2.24, 2.45) is 4.99 Å². The van der Waals surface area contributed by atoms with Crippen LogP contribution in [0.1, 0.15) is 44.5 Å². The van der Waals surface area contributed by atoms with Gasteiger partial charge in [-0.15, -0.1) is 0 Å². The monoisotopic (exact) mass is 390 g/mol. The van der Waals surface area contributed by atoms with Crippen LogP contribution in [0.5, 0.6) is 5.75 Å². The third kappa shape index (κ3) is 5.19. The summed E-state index contributed by atoms with van der Waals surface area (Å²) in [6.07, 6.45) is 2.84. The maximum absolute atomic E-state index is 5.82. The molecule has 1 aliphatic heterocycles. The van der Waals surface area contributed by atoms with Crippen LogP contribution in [-0.2, 0) is 0 Å². The number of amidine groups is 1. The normalized spacial score (nSPS) is 15.6. The highest BCUT2D eigenvalue weighted by Gasteiger charge is 2.23. The third-order valence-corrected chi connectivity index (χ3v) is 4.57. The molecule has 1 atom stereocenters. The number of ether oxygens (including phenoxy) is 1. The maximum Gasteiger partial charge on any atom is 0.150 e. The topological polar surface area (TPSA) is 57.7 Å². The van der Waals surface area contributed by atoms with Gasteiger partial charge in [-0.3, -0.25) is 0 Å². The Hall–Kier alpha value is -3.21. The number of para-hydroxylation sites is 2. The first-order chi connectivity index (χ1) is 14.1. The summed E-state index contributed by atoms with van der Waals surface area (Å²) >= 11 is 0. The van der Waals surface area contributed by atoms with E-state index < -0.39 is 0 Å². The van der Waals surface area contributed by atoms with Crippen LogP contribution in [0.15, 0.2) is 77.6 Å². The van der Waals surface area contributed by atoms with Crippen LogP contribution >= 0.6 is 0 Å². The van der Waals surface area contributed by atoms with E-state index in [0.717, 1.165) is 52.8 Å². The molecule has 3 rings (SSSR count). The fourth-order valence-electron chi connectivity index (χ4n) is 3.26. The van der Waals surface area contributed by atoms with Gasteiger partial charge in [-0.25, -0.2) is 4.99 Å². The van der Waals surface area contributed by atoms with E-state index in [1.165, 1.54) is 0 Å². The van der Waals surface area contributed by atoms with E-state index in [4.69, 9.17) is 9.73 Å². The van der Waals surface area contributed by atoms with Crippen LogP contribution in [-0.4, -0.2) is 19.0 Å². The number of allylic oxidation sites excluding steroid dienone is 2. The number of anilines is 1. The van der Waals surface area contributed by atoms with E-state index in [0.29, 0.717) is 6.61 Å². The summed E-state index contributed by atoms with van der Waals surface area (Å²) < 4.78 is 5.82. The van der Waals surface area contributed by atoms with E-state index >= 15 is 0 Å². The Kier molecular flexibility index (Phi) is 6.95. The van der Waals surface area contributed by atoms with E-state index in [2.05, 4.69) is 41.6 Å². The van der Waals surface area contributed by atoms with Gasteiger partial charge in [-0.2, -0.15) is 0 Å². The van der Waals surface area contributed by atoms with Crippen molar-refractivity contribution in [2.75, 3.05) is 18.5 Å². The quantitative estimate of drug-likeness (QED) is 0.558. The highest BCUT2D eigenvalue weighted by Crippen LogP contribution is 2.33. The molecule has 1 unspecified atom stereocenters. The lowest BCUT2D eigenvalue weighted by Gasteiger charge is -2.27. The van der Waals surface area contributed by atoms with Crippen molar-refractivity contribution in [3.05, 3.63) is 83.7 Å². The minimum atomic E-state index is -0.244. The van der Waals surface area contributed by atoms with E-state index in [1.807, 2.05) is 56.3 Å². The van der Waals surface area contributed by atoms with Crippen molar-refractivity contribution in [2.45, 2.75) is 33.4 Å². The molecule has 2 aromatic carbocycles. The van der Waals surface area contributed by atoms with Gasteiger partial charge < -0.3 is 20.7 Å². The second kappa shape index (κ2) is 9.82. The van der Waals surface area contributed by atoms with E-state index in [9.17, 15) is 0 Å². The zero-order valence-corrected chi connectivity index (χ0v) is 17.5. The molecule has 0 amide bonds. The summed E-state index contributed by atoms with van der Waals surface area (Å²) in [4.78, 5) is 4.95. The van der Waals surface area contributed by atoms with Gasteiger partial charge in [-0.05, 0) is 44.5 Å². The molecular weight excluding hydrogens is 360 g/mol. The summed E-state index contributed by atoms with van der Waals surface area (Å²) in [7, 11) is 0. The second-order valence-corrected chi connectivity index (χ2v) is 6.95. The Morgan fingerprint density at radius 2 is 1.93 bits per heavy atom. The minimum Gasteiger partial charge on any atom is -0.493 e. The first kappa shape index (κ1) is 20.5. The zero-order valence-electron chi connectivity index (χ0n) is 17.5. The molecule has 0 fully saturated rings. The van der Waals surface area contributed by atoms with Gasteiger partial charge in [0.1, 0.15) is 11.6 Å². The second-order valence-electron chi connectivity index (χ2n) is 6.95. The summed E-state index contributed by atoms with van der Waals surface area (Å²) in [6, 6.07) is 16.2. The summed E-state index contributed by atoms with van der Waals surface area (Å²) in [5, 5.41) is 10.3. The third-order valence-electron chi connectivity index (χ3n) is 4.57. The molecule has 1 aliphatic rings. The van der Waals surface area contributed by atoms with Crippen LogP contribution in [0.2, 0.25) is 0 Å². The van der Waals surface area contributed by atoms with Crippen LogP contribution in [0.4, 0.5) is 5.69 Å². The maximum atomic E-state index is 5.82. The lowest BCUT2D eigenvalue weighted by molar-refractivity contribution is 0.335. The van der Waals surface area contributed by atoms with Crippen molar-refractivity contribution in [3.63, 3.8) is 0 Å². The smallest absolute Gasteiger partial charge is 0.150 e. The van der Waals surface area contributed by atoms with E-state index in [1.54, 1.807) is 0 Å². The first-order valence-corrected chi connectivity index (χ1v) is 10.2. The van der Waals surface area contributed by atoms with Gasteiger partial charge in [0.05, 0.1) is 6.61 Å². The Morgan fingerprint density at radius 1 is 1.17 bits per heavy atom. The number of rotatable bonds is 8. The van der Waals surface area contributed by atoms with Gasteiger partial charge in [-0.1, -0.05) is 43.8 Å².